The minimum atomic E-state index is -0.519. The first kappa shape index (κ1) is 11.0. The van der Waals surface area contributed by atoms with E-state index in [1.165, 1.54) is 0 Å². The molecule has 0 spiro atoms. The van der Waals surface area contributed by atoms with Gasteiger partial charge in [0, 0.05) is 12.1 Å². The molecule has 0 saturated heterocycles. The van der Waals surface area contributed by atoms with Gasteiger partial charge < -0.3 is 15.2 Å². The number of benzene rings is 1. The lowest BCUT2D eigenvalue weighted by Crippen LogP contribution is -2.17. The van der Waals surface area contributed by atoms with Gasteiger partial charge in [0.1, 0.15) is 5.75 Å². The van der Waals surface area contributed by atoms with Gasteiger partial charge in [0.25, 0.3) is 0 Å². The third-order valence-electron chi connectivity index (χ3n) is 2.14. The third-order valence-corrected chi connectivity index (χ3v) is 2.14. The number of aryl methyl sites for hydroxylation is 1. The van der Waals surface area contributed by atoms with Gasteiger partial charge in [-0.25, -0.2) is 0 Å². The van der Waals surface area contributed by atoms with Crippen molar-refractivity contribution in [1.29, 1.82) is 0 Å². The summed E-state index contributed by atoms with van der Waals surface area (Å²) < 4.78 is 5.18. The van der Waals surface area contributed by atoms with Gasteiger partial charge in [-0.2, -0.15) is 0 Å². The number of aliphatic hydroxyl groups is 1. The van der Waals surface area contributed by atoms with E-state index in [0.29, 0.717) is 6.54 Å². The van der Waals surface area contributed by atoms with Crippen molar-refractivity contribution >= 4 is 0 Å². The van der Waals surface area contributed by atoms with Crippen LogP contribution in [0, 0.1) is 6.92 Å². The molecule has 3 heteroatoms. The molecule has 0 radical (unpaired) electrons. The summed E-state index contributed by atoms with van der Waals surface area (Å²) in [6.07, 6.45) is -0.519. The average Bonchev–Trinajstić information content (AvgIpc) is 2.18. The van der Waals surface area contributed by atoms with E-state index in [1.54, 1.807) is 7.11 Å². The lowest BCUT2D eigenvalue weighted by atomic mass is 10.1. The molecule has 0 aliphatic rings. The number of nitrogens with one attached hydrogen (secondary N) is 1. The second kappa shape index (κ2) is 4.98. The predicted molar refractivity (Wildman–Crippen MR) is 56.6 cm³/mol. The number of hydrogen-bond donors (Lipinski definition) is 2. The number of rotatable bonds is 4. The standard InChI is InChI=1S/C11H17NO2/c1-8-4-5-11(14-3)9(6-8)10(13)7-12-2/h4-6,10,12-13H,7H2,1-3H3. The monoisotopic (exact) mass is 195 g/mol. The van der Waals surface area contributed by atoms with Crippen LogP contribution in [0.2, 0.25) is 0 Å². The lowest BCUT2D eigenvalue weighted by molar-refractivity contribution is 0.173. The highest BCUT2D eigenvalue weighted by Crippen LogP contribution is 2.25. The molecule has 1 atom stereocenters. The van der Waals surface area contributed by atoms with Crippen molar-refractivity contribution in [1.82, 2.24) is 5.32 Å². The van der Waals surface area contributed by atoms with Crippen LogP contribution in [0.3, 0.4) is 0 Å². The fourth-order valence-electron chi connectivity index (χ4n) is 1.42. The summed E-state index contributed by atoms with van der Waals surface area (Å²) in [6.45, 7) is 2.52. The fraction of sp³-hybridized carbons (Fsp3) is 0.455. The van der Waals surface area contributed by atoms with Crippen LogP contribution < -0.4 is 10.1 Å². The molecular formula is C11H17NO2. The summed E-state index contributed by atoms with van der Waals surface area (Å²) in [4.78, 5) is 0. The third kappa shape index (κ3) is 2.47. The van der Waals surface area contributed by atoms with E-state index in [1.807, 2.05) is 32.2 Å². The zero-order valence-electron chi connectivity index (χ0n) is 8.87. The summed E-state index contributed by atoms with van der Waals surface area (Å²) >= 11 is 0. The minimum Gasteiger partial charge on any atom is -0.496 e. The maximum absolute atomic E-state index is 9.81. The topological polar surface area (TPSA) is 41.5 Å². The van der Waals surface area contributed by atoms with Crippen LogP contribution >= 0.6 is 0 Å². The maximum atomic E-state index is 9.81. The number of aliphatic hydroxyl groups excluding tert-OH is 1. The molecule has 3 nitrogen and oxygen atoms in total. The van der Waals surface area contributed by atoms with Crippen molar-refractivity contribution in [3.8, 4) is 5.75 Å². The Hall–Kier alpha value is -1.06. The molecule has 0 bridgehead atoms. The van der Waals surface area contributed by atoms with Gasteiger partial charge in [0.2, 0.25) is 0 Å². The highest BCUT2D eigenvalue weighted by molar-refractivity contribution is 5.38. The molecule has 0 saturated carbocycles. The Morgan fingerprint density at radius 3 is 2.79 bits per heavy atom. The molecule has 0 heterocycles. The molecule has 1 unspecified atom stereocenters. The molecule has 0 fully saturated rings. The van der Waals surface area contributed by atoms with E-state index >= 15 is 0 Å². The first-order valence-electron chi connectivity index (χ1n) is 4.66. The number of methoxy groups -OCH3 is 1. The highest BCUT2D eigenvalue weighted by atomic mass is 16.5. The van der Waals surface area contributed by atoms with Crippen LogP contribution in [-0.2, 0) is 0 Å². The van der Waals surface area contributed by atoms with Crippen molar-refractivity contribution in [2.24, 2.45) is 0 Å². The van der Waals surface area contributed by atoms with Crippen LogP contribution in [0.4, 0.5) is 0 Å². The summed E-state index contributed by atoms with van der Waals surface area (Å²) in [5.74, 6) is 0.735. The van der Waals surface area contributed by atoms with Gasteiger partial charge in [-0.1, -0.05) is 11.6 Å². The molecule has 0 aliphatic heterocycles. The molecule has 0 amide bonds. The second-order valence-corrected chi connectivity index (χ2v) is 3.32. The van der Waals surface area contributed by atoms with Gasteiger partial charge in [-0.15, -0.1) is 0 Å². The lowest BCUT2D eigenvalue weighted by Gasteiger charge is -2.14. The summed E-state index contributed by atoms with van der Waals surface area (Å²) in [5.41, 5.74) is 1.96. The first-order chi connectivity index (χ1) is 6.69. The van der Waals surface area contributed by atoms with Crippen molar-refractivity contribution < 1.29 is 9.84 Å². The van der Waals surface area contributed by atoms with Crippen molar-refractivity contribution in [3.05, 3.63) is 29.3 Å². The Kier molecular flexibility index (Phi) is 3.92. The Bertz CT molecular complexity index is 299. The van der Waals surface area contributed by atoms with Crippen molar-refractivity contribution in [2.75, 3.05) is 20.7 Å². The van der Waals surface area contributed by atoms with E-state index in [-0.39, 0.29) is 0 Å². The molecule has 0 aromatic heterocycles. The zero-order chi connectivity index (χ0) is 10.6. The molecule has 1 aromatic rings. The van der Waals surface area contributed by atoms with E-state index in [2.05, 4.69) is 5.32 Å². The van der Waals surface area contributed by atoms with E-state index in [0.717, 1.165) is 16.9 Å². The summed E-state index contributed by atoms with van der Waals surface area (Å²) in [5, 5.41) is 12.7. The van der Waals surface area contributed by atoms with Gasteiger partial charge in [-0.05, 0) is 26.1 Å². The Labute approximate surface area is 84.7 Å². The Morgan fingerprint density at radius 1 is 1.50 bits per heavy atom. The normalized spacial score (nSPS) is 12.6. The van der Waals surface area contributed by atoms with Crippen LogP contribution in [0.25, 0.3) is 0 Å². The van der Waals surface area contributed by atoms with Gasteiger partial charge >= 0.3 is 0 Å². The van der Waals surface area contributed by atoms with Crippen LogP contribution in [0.1, 0.15) is 17.2 Å². The summed E-state index contributed by atoms with van der Waals surface area (Å²) in [7, 11) is 3.42. The van der Waals surface area contributed by atoms with Crippen molar-refractivity contribution in [3.63, 3.8) is 0 Å². The largest absolute Gasteiger partial charge is 0.496 e. The van der Waals surface area contributed by atoms with E-state index < -0.39 is 6.10 Å². The van der Waals surface area contributed by atoms with Crippen LogP contribution in [-0.4, -0.2) is 25.8 Å². The summed E-state index contributed by atoms with van der Waals surface area (Å²) in [6, 6.07) is 5.79. The molecule has 1 aromatic carbocycles. The van der Waals surface area contributed by atoms with Gasteiger partial charge in [-0.3, -0.25) is 0 Å². The number of likely N-dealkylation sites (N-methyl/N-ethyl adjacent to an activating group) is 1. The van der Waals surface area contributed by atoms with Gasteiger partial charge in [0.15, 0.2) is 0 Å². The zero-order valence-corrected chi connectivity index (χ0v) is 8.87. The van der Waals surface area contributed by atoms with E-state index in [9.17, 15) is 5.11 Å². The molecule has 1 rings (SSSR count). The number of ether oxygens (including phenoxy) is 1. The van der Waals surface area contributed by atoms with Crippen LogP contribution in [0.15, 0.2) is 18.2 Å². The molecule has 2 N–H and O–H groups in total. The molecule has 78 valence electrons. The molecule has 0 aliphatic carbocycles. The molecular weight excluding hydrogens is 178 g/mol. The Morgan fingerprint density at radius 2 is 2.21 bits per heavy atom. The second-order valence-electron chi connectivity index (χ2n) is 3.32. The quantitative estimate of drug-likeness (QED) is 0.760. The maximum Gasteiger partial charge on any atom is 0.124 e. The van der Waals surface area contributed by atoms with Crippen molar-refractivity contribution in [2.45, 2.75) is 13.0 Å². The predicted octanol–water partition coefficient (Wildman–Crippen LogP) is 1.26. The molecule has 14 heavy (non-hydrogen) atoms. The minimum absolute atomic E-state index is 0.519. The Balaban J connectivity index is 2.97. The first-order valence-corrected chi connectivity index (χ1v) is 4.66. The fourth-order valence-corrected chi connectivity index (χ4v) is 1.42. The highest BCUT2D eigenvalue weighted by Gasteiger charge is 2.11. The number of hydrogen-bond acceptors (Lipinski definition) is 3. The van der Waals surface area contributed by atoms with E-state index in [4.69, 9.17) is 4.74 Å². The van der Waals surface area contributed by atoms with Gasteiger partial charge in [0.05, 0.1) is 13.2 Å². The average molecular weight is 195 g/mol. The smallest absolute Gasteiger partial charge is 0.124 e. The SMILES string of the molecule is CNCC(O)c1cc(C)ccc1OC. The van der Waals surface area contributed by atoms with Crippen LogP contribution in [0.5, 0.6) is 5.75 Å².